The molecule has 1 fully saturated rings. The lowest BCUT2D eigenvalue weighted by Crippen LogP contribution is -2.30. The van der Waals surface area contributed by atoms with Gasteiger partial charge in [-0.3, -0.25) is 14.9 Å². The number of carbonyl (C=O) groups is 1. The quantitative estimate of drug-likeness (QED) is 0.286. The van der Waals surface area contributed by atoms with E-state index < -0.39 is 0 Å². The van der Waals surface area contributed by atoms with Crippen molar-refractivity contribution < 1.29 is 4.79 Å². The first-order chi connectivity index (χ1) is 18.0. The molecule has 5 aromatic heterocycles. The summed E-state index contributed by atoms with van der Waals surface area (Å²) in [6.07, 6.45) is 9.42. The number of hydrogen-bond acceptors (Lipinski definition) is 6. The van der Waals surface area contributed by atoms with Crippen molar-refractivity contribution in [2.45, 2.75) is 39.5 Å². The molecular weight excluding hydrogens is 464 g/mol. The van der Waals surface area contributed by atoms with Crippen molar-refractivity contribution in [2.24, 2.45) is 5.92 Å². The first-order valence-corrected chi connectivity index (χ1v) is 12.9. The molecule has 3 N–H and O–H groups in total. The smallest absolute Gasteiger partial charge is 0.224 e. The fourth-order valence-electron chi connectivity index (χ4n) is 5.00. The highest BCUT2D eigenvalue weighted by atomic mass is 16.1. The third-order valence-electron chi connectivity index (χ3n) is 6.76. The van der Waals surface area contributed by atoms with Gasteiger partial charge in [-0.2, -0.15) is 5.10 Å². The zero-order valence-corrected chi connectivity index (χ0v) is 21.1. The van der Waals surface area contributed by atoms with Crippen molar-refractivity contribution in [3.05, 3.63) is 48.9 Å². The third kappa shape index (κ3) is 4.64. The van der Waals surface area contributed by atoms with Crippen LogP contribution in [0.15, 0.2) is 48.9 Å². The predicted octanol–water partition coefficient (Wildman–Crippen LogP) is 5.54. The van der Waals surface area contributed by atoms with E-state index in [0.717, 1.165) is 63.5 Å². The van der Waals surface area contributed by atoms with Gasteiger partial charge in [0, 0.05) is 42.9 Å². The molecule has 0 bridgehead atoms. The lowest BCUT2D eigenvalue weighted by Gasteiger charge is -2.28. The van der Waals surface area contributed by atoms with E-state index >= 15 is 0 Å². The zero-order valence-electron chi connectivity index (χ0n) is 21.1. The number of nitrogens with zero attached hydrogens (tertiary/aromatic N) is 5. The Kier molecular flexibility index (Phi) is 6.04. The van der Waals surface area contributed by atoms with Crippen molar-refractivity contribution in [3.8, 4) is 22.6 Å². The van der Waals surface area contributed by atoms with Crippen molar-refractivity contribution in [3.63, 3.8) is 0 Å². The molecule has 0 unspecified atom stereocenters. The van der Waals surface area contributed by atoms with Crippen LogP contribution in [0.3, 0.4) is 0 Å². The average molecular weight is 495 g/mol. The SMILES string of the molecule is CC(C)CC(=O)Nc1cncc(-c2ccc3[nH]nc(-c4cc5c(N6CCCCC6)nccc5[nH]4)c3n2)c1. The number of nitrogens with one attached hydrogen (secondary N) is 3. The topological polar surface area (TPSA) is 115 Å². The summed E-state index contributed by atoms with van der Waals surface area (Å²) in [5, 5.41) is 11.7. The fraction of sp³-hybridized carbons (Fsp3) is 0.321. The van der Waals surface area contributed by atoms with Gasteiger partial charge in [0.2, 0.25) is 5.91 Å². The van der Waals surface area contributed by atoms with Gasteiger partial charge in [0.05, 0.1) is 34.3 Å². The largest absolute Gasteiger partial charge is 0.356 e. The summed E-state index contributed by atoms with van der Waals surface area (Å²) in [5.41, 5.74) is 6.54. The molecule has 0 atom stereocenters. The van der Waals surface area contributed by atoms with Crippen LogP contribution < -0.4 is 10.2 Å². The van der Waals surface area contributed by atoms with Gasteiger partial charge in [-0.1, -0.05) is 13.8 Å². The second-order valence-electron chi connectivity index (χ2n) is 10.1. The van der Waals surface area contributed by atoms with Crippen LogP contribution in [0, 0.1) is 5.92 Å². The Morgan fingerprint density at radius 1 is 1.08 bits per heavy atom. The number of H-pyrrole nitrogens is 2. The van der Waals surface area contributed by atoms with Crippen LogP contribution in [-0.4, -0.2) is 49.1 Å². The van der Waals surface area contributed by atoms with E-state index in [4.69, 9.17) is 9.97 Å². The van der Waals surface area contributed by atoms with E-state index in [1.165, 1.54) is 19.3 Å². The second kappa shape index (κ2) is 9.65. The van der Waals surface area contributed by atoms with Crippen molar-refractivity contribution in [1.82, 2.24) is 30.1 Å². The second-order valence-corrected chi connectivity index (χ2v) is 10.1. The number of piperidine rings is 1. The Morgan fingerprint density at radius 2 is 1.95 bits per heavy atom. The minimum atomic E-state index is -0.0216. The summed E-state index contributed by atoms with van der Waals surface area (Å²) in [5.74, 6) is 1.29. The van der Waals surface area contributed by atoms with Gasteiger partial charge in [0.15, 0.2) is 0 Å². The number of fused-ring (bicyclic) bond motifs is 2. The van der Waals surface area contributed by atoms with Crippen LogP contribution >= 0.6 is 0 Å². The minimum Gasteiger partial charge on any atom is -0.356 e. The number of anilines is 2. The molecule has 6 heterocycles. The lowest BCUT2D eigenvalue weighted by atomic mass is 10.1. The molecule has 0 saturated carbocycles. The van der Waals surface area contributed by atoms with Gasteiger partial charge in [0.25, 0.3) is 0 Å². The monoisotopic (exact) mass is 494 g/mol. The molecule has 9 nitrogen and oxygen atoms in total. The number of pyridine rings is 3. The van der Waals surface area contributed by atoms with Gasteiger partial charge in [0.1, 0.15) is 17.0 Å². The van der Waals surface area contributed by atoms with E-state index in [9.17, 15) is 4.79 Å². The normalized spacial score (nSPS) is 14.1. The highest BCUT2D eigenvalue weighted by molar-refractivity contribution is 5.98. The zero-order chi connectivity index (χ0) is 25.4. The van der Waals surface area contributed by atoms with Crippen LogP contribution in [0.4, 0.5) is 11.5 Å². The Balaban J connectivity index is 1.35. The summed E-state index contributed by atoms with van der Waals surface area (Å²) in [6, 6.07) is 9.94. The number of aromatic nitrogens is 6. The summed E-state index contributed by atoms with van der Waals surface area (Å²) in [4.78, 5) is 32.1. The molecule has 1 amide bonds. The number of hydrogen-bond donors (Lipinski definition) is 3. The number of amides is 1. The molecule has 1 saturated heterocycles. The van der Waals surface area contributed by atoms with Crippen LogP contribution in [-0.2, 0) is 4.79 Å². The number of rotatable bonds is 6. The number of aromatic amines is 2. The predicted molar refractivity (Wildman–Crippen MR) is 146 cm³/mol. The molecule has 9 heteroatoms. The molecule has 0 radical (unpaired) electrons. The summed E-state index contributed by atoms with van der Waals surface area (Å²) >= 11 is 0. The van der Waals surface area contributed by atoms with Crippen LogP contribution in [0.1, 0.15) is 39.5 Å². The maximum atomic E-state index is 12.2. The van der Waals surface area contributed by atoms with E-state index in [-0.39, 0.29) is 11.8 Å². The minimum absolute atomic E-state index is 0.0216. The van der Waals surface area contributed by atoms with Gasteiger partial charge < -0.3 is 15.2 Å². The average Bonchev–Trinajstić information content (AvgIpc) is 3.52. The Morgan fingerprint density at radius 3 is 2.78 bits per heavy atom. The molecular formula is C28H30N8O. The van der Waals surface area contributed by atoms with Gasteiger partial charge >= 0.3 is 0 Å². The fourth-order valence-corrected chi connectivity index (χ4v) is 5.00. The third-order valence-corrected chi connectivity index (χ3v) is 6.76. The van der Waals surface area contributed by atoms with Crippen molar-refractivity contribution in [2.75, 3.05) is 23.3 Å². The molecule has 0 aliphatic carbocycles. The first-order valence-electron chi connectivity index (χ1n) is 12.9. The van der Waals surface area contributed by atoms with Crippen molar-refractivity contribution >= 4 is 39.3 Å². The summed E-state index contributed by atoms with van der Waals surface area (Å²) < 4.78 is 0. The number of carbonyl (C=O) groups excluding carboxylic acids is 1. The maximum absolute atomic E-state index is 12.2. The van der Waals surface area contributed by atoms with E-state index in [1.807, 2.05) is 44.3 Å². The highest BCUT2D eigenvalue weighted by Gasteiger charge is 2.19. The lowest BCUT2D eigenvalue weighted by molar-refractivity contribution is -0.116. The van der Waals surface area contributed by atoms with Crippen molar-refractivity contribution in [1.29, 1.82) is 0 Å². The molecule has 5 aromatic rings. The Labute approximate surface area is 214 Å². The summed E-state index contributed by atoms with van der Waals surface area (Å²) in [7, 11) is 0. The molecule has 1 aliphatic heterocycles. The maximum Gasteiger partial charge on any atom is 0.224 e. The molecule has 188 valence electrons. The van der Waals surface area contributed by atoms with E-state index in [0.29, 0.717) is 12.1 Å². The first kappa shape index (κ1) is 23.1. The van der Waals surface area contributed by atoms with Crippen LogP contribution in [0.5, 0.6) is 0 Å². The van der Waals surface area contributed by atoms with Crippen LogP contribution in [0.25, 0.3) is 44.6 Å². The molecule has 37 heavy (non-hydrogen) atoms. The van der Waals surface area contributed by atoms with Gasteiger partial charge in [-0.25, -0.2) is 9.97 Å². The summed E-state index contributed by atoms with van der Waals surface area (Å²) in [6.45, 7) is 6.11. The standard InChI is InChI=1S/C28H30N8O/c1-17(2)12-25(37)31-19-13-18(15-29-16-19)21-6-7-23-26(33-21)27(35-34-23)24-14-20-22(32-24)8-9-30-28(20)36-10-4-3-5-11-36/h6-9,13-17,32H,3-5,10-12H2,1-2H3,(H,31,37)(H,34,35). The van der Waals surface area contributed by atoms with Gasteiger partial charge in [-0.05, 0) is 55.5 Å². The molecule has 0 aromatic carbocycles. The van der Waals surface area contributed by atoms with Crippen LogP contribution in [0.2, 0.25) is 0 Å². The van der Waals surface area contributed by atoms with E-state index in [1.54, 1.807) is 12.4 Å². The van der Waals surface area contributed by atoms with Gasteiger partial charge in [-0.15, -0.1) is 0 Å². The molecule has 6 rings (SSSR count). The van der Waals surface area contributed by atoms with E-state index in [2.05, 4.69) is 36.4 Å². The molecule has 1 aliphatic rings. The Hall–Kier alpha value is -4.27. The molecule has 0 spiro atoms. The Bertz CT molecular complexity index is 1580. The highest BCUT2D eigenvalue weighted by Crippen LogP contribution is 2.33.